The summed E-state index contributed by atoms with van der Waals surface area (Å²) in [5.74, 6) is -0.372. The van der Waals surface area contributed by atoms with Gasteiger partial charge in [-0.3, -0.25) is 0 Å². The van der Waals surface area contributed by atoms with Crippen LogP contribution in [0.15, 0.2) is 4.99 Å². The molecule has 0 saturated heterocycles. The van der Waals surface area contributed by atoms with Gasteiger partial charge in [0, 0.05) is 0 Å². The number of hydrogen-bond acceptors (Lipinski definition) is 3. The van der Waals surface area contributed by atoms with Gasteiger partial charge in [0.15, 0.2) is 17.0 Å². The molecular weight excluding hydrogens is 118 g/mol. The fraction of sp³-hybridized carbons (Fsp3) is 0.500. The van der Waals surface area contributed by atoms with Crippen molar-refractivity contribution in [2.45, 2.75) is 0 Å². The lowest BCUT2D eigenvalue weighted by Gasteiger charge is -1.75. The molecule has 7 heavy (non-hydrogen) atoms. The zero-order chi connectivity index (χ0) is 5.70. The average Bonchev–Trinajstić information content (AvgIpc) is 1.61. The van der Waals surface area contributed by atoms with E-state index in [4.69, 9.17) is 4.55 Å². The lowest BCUT2D eigenvalue weighted by atomic mass is 11.4. The molecule has 0 aromatic rings. The normalized spacial score (nSPS) is 12.1. The van der Waals surface area contributed by atoms with Crippen LogP contribution in [-0.4, -0.2) is 20.7 Å². The molecule has 1 unspecified atom stereocenters. The maximum absolute atomic E-state index is 9.60. The lowest BCUT2D eigenvalue weighted by molar-refractivity contribution is 0.556. The van der Waals surface area contributed by atoms with Gasteiger partial charge in [-0.05, 0) is 0 Å². The van der Waals surface area contributed by atoms with Crippen LogP contribution in [0, 0.1) is 0 Å². The molecule has 40 valence electrons. The van der Waals surface area contributed by atoms with Crippen LogP contribution in [-0.2, 0) is 15.9 Å². The number of carbonyl (C=O) groups excluding carboxylic acids is 1. The van der Waals surface area contributed by atoms with Crippen molar-refractivity contribution in [1.29, 1.82) is 0 Å². The summed E-state index contributed by atoms with van der Waals surface area (Å²) in [6.45, 7) is 0. The van der Waals surface area contributed by atoms with Crippen molar-refractivity contribution in [1.82, 2.24) is 0 Å². The van der Waals surface area contributed by atoms with E-state index >= 15 is 0 Å². The topological polar surface area (TPSA) is 66.7 Å². The highest BCUT2D eigenvalue weighted by molar-refractivity contribution is 7.79. The van der Waals surface area contributed by atoms with Gasteiger partial charge >= 0.3 is 0 Å². The molecule has 1 atom stereocenters. The van der Waals surface area contributed by atoms with Gasteiger partial charge in [-0.1, -0.05) is 0 Å². The van der Waals surface area contributed by atoms with E-state index in [1.54, 1.807) is 0 Å². The summed E-state index contributed by atoms with van der Waals surface area (Å²) >= 11 is -1.99. The van der Waals surface area contributed by atoms with Crippen molar-refractivity contribution in [2.75, 3.05) is 5.88 Å². The summed E-state index contributed by atoms with van der Waals surface area (Å²) in [4.78, 5) is 12.0. The first kappa shape index (κ1) is 6.49. The highest BCUT2D eigenvalue weighted by atomic mass is 32.2. The second kappa shape index (κ2) is 3.67. The fourth-order valence-electron chi connectivity index (χ4n) is 0.0816. The van der Waals surface area contributed by atoms with E-state index in [2.05, 4.69) is 4.99 Å². The van der Waals surface area contributed by atoms with E-state index in [1.807, 2.05) is 0 Å². The molecule has 0 aliphatic heterocycles. The molecule has 5 heteroatoms. The minimum absolute atomic E-state index is 0.372. The van der Waals surface area contributed by atoms with Gasteiger partial charge in [0.2, 0.25) is 6.08 Å². The largest absolute Gasteiger partial charge is 0.305 e. The second-order valence-electron chi connectivity index (χ2n) is 0.700. The first-order chi connectivity index (χ1) is 3.27. The van der Waals surface area contributed by atoms with Crippen molar-refractivity contribution in [3.05, 3.63) is 0 Å². The third-order valence-electron chi connectivity index (χ3n) is 0.240. The molecule has 4 nitrogen and oxygen atoms in total. The average molecular weight is 121 g/mol. The molecule has 0 amide bonds. The van der Waals surface area contributed by atoms with E-state index in [-0.39, 0.29) is 5.88 Å². The highest BCUT2D eigenvalue weighted by Crippen LogP contribution is 1.69. The molecular formula is C2H3NO3S. The minimum atomic E-state index is -1.99. The van der Waals surface area contributed by atoms with Gasteiger partial charge in [0.05, 0.1) is 0 Å². The smallest absolute Gasteiger partial charge is 0.235 e. The molecule has 0 rings (SSSR count). The van der Waals surface area contributed by atoms with Gasteiger partial charge < -0.3 is 4.55 Å². The van der Waals surface area contributed by atoms with Crippen molar-refractivity contribution in [2.24, 2.45) is 4.99 Å². The summed E-state index contributed by atoms with van der Waals surface area (Å²) in [6.07, 6.45) is 1.12. The van der Waals surface area contributed by atoms with Gasteiger partial charge in [-0.2, -0.15) is 4.99 Å². The second-order valence-corrected chi connectivity index (χ2v) is 1.60. The van der Waals surface area contributed by atoms with Crippen LogP contribution in [0.25, 0.3) is 0 Å². The zero-order valence-corrected chi connectivity index (χ0v) is 4.14. The zero-order valence-electron chi connectivity index (χ0n) is 3.33. The standard InChI is InChI=1S/C2H3NO3S/c4-1-3-2-7(5)6/h2H2,(H,5,6). The predicted octanol–water partition coefficient (Wildman–Crippen LogP) is -0.499. The third-order valence-corrected chi connectivity index (χ3v) is 0.590. The Kier molecular flexibility index (Phi) is 3.40. The molecule has 0 bridgehead atoms. The van der Waals surface area contributed by atoms with Crippen molar-refractivity contribution in [3.63, 3.8) is 0 Å². The Hall–Kier alpha value is -0.510. The molecule has 1 N–H and O–H groups in total. The summed E-state index contributed by atoms with van der Waals surface area (Å²) in [6, 6.07) is 0. The van der Waals surface area contributed by atoms with Crippen molar-refractivity contribution in [3.8, 4) is 0 Å². The summed E-state index contributed by atoms with van der Waals surface area (Å²) in [7, 11) is 0. The van der Waals surface area contributed by atoms with E-state index in [0.717, 1.165) is 6.08 Å². The molecule has 0 aliphatic rings. The van der Waals surface area contributed by atoms with E-state index in [0.29, 0.717) is 0 Å². The molecule has 0 aliphatic carbocycles. The van der Waals surface area contributed by atoms with Crippen molar-refractivity contribution < 1.29 is 13.6 Å². The van der Waals surface area contributed by atoms with E-state index in [9.17, 15) is 9.00 Å². The quantitative estimate of drug-likeness (QED) is 0.304. The first-order valence-electron chi connectivity index (χ1n) is 1.38. The van der Waals surface area contributed by atoms with E-state index in [1.165, 1.54) is 0 Å². The van der Waals surface area contributed by atoms with Gasteiger partial charge in [-0.25, -0.2) is 9.00 Å². The third kappa shape index (κ3) is 5.49. The van der Waals surface area contributed by atoms with E-state index < -0.39 is 11.1 Å². The maximum Gasteiger partial charge on any atom is 0.235 e. The summed E-state index contributed by atoms with van der Waals surface area (Å²) in [5, 5.41) is 0. The predicted molar refractivity (Wildman–Crippen MR) is 23.8 cm³/mol. The Labute approximate surface area is 42.5 Å². The monoisotopic (exact) mass is 121 g/mol. The van der Waals surface area contributed by atoms with Crippen LogP contribution in [0.1, 0.15) is 0 Å². The Morgan fingerprint density at radius 3 is 2.57 bits per heavy atom. The van der Waals surface area contributed by atoms with Gasteiger partial charge in [0.25, 0.3) is 0 Å². The SMILES string of the molecule is O=C=NCS(=O)O. The number of aliphatic imine (C=N–C) groups is 1. The molecule has 0 radical (unpaired) electrons. The lowest BCUT2D eigenvalue weighted by Crippen LogP contribution is -1.88. The van der Waals surface area contributed by atoms with Crippen LogP contribution in [0.4, 0.5) is 0 Å². The molecule has 0 aromatic heterocycles. The molecule has 0 spiro atoms. The van der Waals surface area contributed by atoms with Crippen LogP contribution in [0.2, 0.25) is 0 Å². The maximum atomic E-state index is 9.60. The molecule has 0 saturated carbocycles. The van der Waals surface area contributed by atoms with Gasteiger partial charge in [0.1, 0.15) is 0 Å². The first-order valence-corrected chi connectivity index (χ1v) is 2.66. The van der Waals surface area contributed by atoms with Crippen LogP contribution < -0.4 is 0 Å². The summed E-state index contributed by atoms with van der Waals surface area (Å²) in [5.41, 5.74) is 0. The number of hydrogen-bond donors (Lipinski definition) is 1. The Morgan fingerprint density at radius 2 is 2.43 bits per heavy atom. The number of nitrogens with zero attached hydrogens (tertiary/aromatic N) is 1. The Balaban J connectivity index is 3.32. The van der Waals surface area contributed by atoms with Crippen LogP contribution in [0.3, 0.4) is 0 Å². The van der Waals surface area contributed by atoms with Crippen molar-refractivity contribution >= 4 is 17.2 Å². The molecule has 0 aromatic carbocycles. The highest BCUT2D eigenvalue weighted by Gasteiger charge is 1.83. The number of rotatable bonds is 2. The Bertz CT molecular complexity index is 116. The van der Waals surface area contributed by atoms with Crippen LogP contribution >= 0.6 is 0 Å². The Morgan fingerprint density at radius 1 is 1.86 bits per heavy atom. The minimum Gasteiger partial charge on any atom is -0.305 e. The number of isocyanates is 1. The summed E-state index contributed by atoms with van der Waals surface area (Å²) < 4.78 is 17.5. The van der Waals surface area contributed by atoms with Gasteiger partial charge in [-0.15, -0.1) is 0 Å². The molecule has 0 heterocycles. The fourth-order valence-corrected chi connectivity index (χ4v) is 0.245. The van der Waals surface area contributed by atoms with Crippen LogP contribution in [0.5, 0.6) is 0 Å². The molecule has 0 fully saturated rings.